The zero-order valence-electron chi connectivity index (χ0n) is 11.8. The van der Waals surface area contributed by atoms with E-state index in [1.165, 1.54) is 12.3 Å². The summed E-state index contributed by atoms with van der Waals surface area (Å²) in [5.74, 6) is -0.112. The van der Waals surface area contributed by atoms with Gasteiger partial charge in [0.1, 0.15) is 0 Å². The van der Waals surface area contributed by atoms with Gasteiger partial charge in [-0.3, -0.25) is 0 Å². The molecule has 0 amide bonds. The zero-order valence-corrected chi connectivity index (χ0v) is 12.7. The fourth-order valence-corrected chi connectivity index (χ4v) is 4.26. The first-order valence-electron chi connectivity index (χ1n) is 7.04. The maximum Gasteiger partial charge on any atom is 0.261 e. The largest absolute Gasteiger partial charge is 0.261 e. The second-order valence-electron chi connectivity index (χ2n) is 5.71. The minimum atomic E-state index is -3.89. The lowest BCUT2D eigenvalue weighted by Crippen LogP contribution is -2.44. The molecule has 1 N–H and O–H groups in total. The molecule has 1 aromatic rings. The highest BCUT2D eigenvalue weighted by molar-refractivity contribution is 7.89. The Morgan fingerprint density at radius 2 is 2.05 bits per heavy atom. The number of nitrogens with one attached hydrogen (secondary N) is 1. The van der Waals surface area contributed by atoms with E-state index in [0.29, 0.717) is 11.8 Å². The van der Waals surface area contributed by atoms with Crippen LogP contribution in [0, 0.1) is 17.7 Å². The molecule has 0 radical (unpaired) electrons. The summed E-state index contributed by atoms with van der Waals surface area (Å²) in [4.78, 5) is 3.66. The highest BCUT2D eigenvalue weighted by Crippen LogP contribution is 2.31. The van der Waals surface area contributed by atoms with Crippen molar-refractivity contribution in [1.29, 1.82) is 0 Å². The van der Waals surface area contributed by atoms with E-state index in [-0.39, 0.29) is 6.04 Å². The monoisotopic (exact) mass is 300 g/mol. The average Bonchev–Trinajstić information content (AvgIpc) is 2.39. The van der Waals surface area contributed by atoms with Crippen molar-refractivity contribution in [2.45, 2.75) is 50.6 Å². The van der Waals surface area contributed by atoms with E-state index in [2.05, 4.69) is 23.6 Å². The van der Waals surface area contributed by atoms with Crippen molar-refractivity contribution in [3.63, 3.8) is 0 Å². The third-order valence-electron chi connectivity index (χ3n) is 3.96. The van der Waals surface area contributed by atoms with Crippen molar-refractivity contribution < 1.29 is 12.8 Å². The SMILES string of the molecule is CC(C)C1CCCCC1NS(=O)(=O)c1ncccc1F. The highest BCUT2D eigenvalue weighted by Gasteiger charge is 2.32. The summed E-state index contributed by atoms with van der Waals surface area (Å²) in [6.07, 6.45) is 5.23. The van der Waals surface area contributed by atoms with E-state index in [4.69, 9.17) is 0 Å². The molecule has 1 aliphatic rings. The van der Waals surface area contributed by atoms with Gasteiger partial charge in [-0.15, -0.1) is 0 Å². The Bertz CT molecular complexity index is 560. The highest BCUT2D eigenvalue weighted by atomic mass is 32.2. The maximum absolute atomic E-state index is 13.6. The molecule has 0 saturated heterocycles. The molecular weight excluding hydrogens is 279 g/mol. The van der Waals surface area contributed by atoms with Crippen molar-refractivity contribution in [1.82, 2.24) is 9.71 Å². The minimum absolute atomic E-state index is 0.129. The second-order valence-corrected chi connectivity index (χ2v) is 7.34. The van der Waals surface area contributed by atoms with E-state index in [9.17, 15) is 12.8 Å². The third-order valence-corrected chi connectivity index (χ3v) is 5.38. The summed E-state index contributed by atoms with van der Waals surface area (Å²) in [5, 5.41) is -0.506. The Kier molecular flexibility index (Phi) is 4.75. The Balaban J connectivity index is 2.21. The van der Waals surface area contributed by atoms with E-state index in [1.807, 2.05) is 0 Å². The van der Waals surface area contributed by atoms with Gasteiger partial charge < -0.3 is 0 Å². The summed E-state index contributed by atoms with van der Waals surface area (Å²) in [7, 11) is -3.89. The van der Waals surface area contributed by atoms with Crippen molar-refractivity contribution in [2.75, 3.05) is 0 Å². The molecule has 1 heterocycles. The lowest BCUT2D eigenvalue weighted by Gasteiger charge is -2.34. The molecule has 2 unspecified atom stereocenters. The number of nitrogens with zero attached hydrogens (tertiary/aromatic N) is 1. The van der Waals surface area contributed by atoms with Crippen LogP contribution < -0.4 is 4.72 Å². The molecule has 0 aromatic carbocycles. The van der Waals surface area contributed by atoms with E-state index in [0.717, 1.165) is 31.7 Å². The third kappa shape index (κ3) is 3.35. The van der Waals surface area contributed by atoms with Gasteiger partial charge in [-0.2, -0.15) is 0 Å². The predicted octanol–water partition coefficient (Wildman–Crippen LogP) is 2.71. The summed E-state index contributed by atoms with van der Waals surface area (Å²) in [5.41, 5.74) is 0. The number of halogens is 1. The smallest absolute Gasteiger partial charge is 0.241 e. The normalized spacial score (nSPS) is 24.0. The molecule has 0 aliphatic heterocycles. The molecule has 2 atom stereocenters. The number of pyridine rings is 1. The topological polar surface area (TPSA) is 59.1 Å². The number of hydrogen-bond acceptors (Lipinski definition) is 3. The molecule has 6 heteroatoms. The first kappa shape index (κ1) is 15.4. The van der Waals surface area contributed by atoms with Gasteiger partial charge in [0.2, 0.25) is 5.03 Å². The van der Waals surface area contributed by atoms with Crippen LogP contribution >= 0.6 is 0 Å². The van der Waals surface area contributed by atoms with Gasteiger partial charge in [-0.05, 0) is 36.8 Å². The first-order chi connectivity index (χ1) is 9.42. The molecule has 0 spiro atoms. The van der Waals surface area contributed by atoms with Crippen LogP contribution in [0.5, 0.6) is 0 Å². The summed E-state index contributed by atoms with van der Waals surface area (Å²) in [6, 6.07) is 2.36. The molecule has 4 nitrogen and oxygen atoms in total. The first-order valence-corrected chi connectivity index (χ1v) is 8.53. The molecule has 1 aliphatic carbocycles. The van der Waals surface area contributed by atoms with E-state index < -0.39 is 20.9 Å². The van der Waals surface area contributed by atoms with Crippen molar-refractivity contribution in [2.24, 2.45) is 11.8 Å². The van der Waals surface area contributed by atoms with Crippen LogP contribution in [0.2, 0.25) is 0 Å². The standard InChI is InChI=1S/C14H21FN2O2S/c1-10(2)11-6-3-4-8-13(11)17-20(18,19)14-12(15)7-5-9-16-14/h5,7,9-11,13,17H,3-4,6,8H2,1-2H3. The molecular formula is C14H21FN2O2S. The van der Waals surface area contributed by atoms with Gasteiger partial charge in [0.25, 0.3) is 10.0 Å². The zero-order chi connectivity index (χ0) is 14.8. The number of sulfonamides is 1. The fraction of sp³-hybridized carbons (Fsp3) is 0.643. The van der Waals surface area contributed by atoms with Gasteiger partial charge in [-0.1, -0.05) is 26.7 Å². The van der Waals surface area contributed by atoms with Gasteiger partial charge in [-0.25, -0.2) is 22.5 Å². The lowest BCUT2D eigenvalue weighted by atomic mass is 9.78. The van der Waals surface area contributed by atoms with Crippen LogP contribution in [0.4, 0.5) is 4.39 Å². The van der Waals surface area contributed by atoms with Gasteiger partial charge in [0.05, 0.1) is 0 Å². The van der Waals surface area contributed by atoms with Gasteiger partial charge in [0.15, 0.2) is 5.82 Å². The fourth-order valence-electron chi connectivity index (χ4n) is 2.93. The van der Waals surface area contributed by atoms with Crippen molar-refractivity contribution in [3.8, 4) is 0 Å². The van der Waals surface area contributed by atoms with E-state index >= 15 is 0 Å². The van der Waals surface area contributed by atoms with Crippen LogP contribution in [0.1, 0.15) is 39.5 Å². The molecule has 1 aromatic heterocycles. The Hall–Kier alpha value is -1.01. The molecule has 0 bridgehead atoms. The Labute approximate surface area is 119 Å². The van der Waals surface area contributed by atoms with Crippen LogP contribution in [0.3, 0.4) is 0 Å². The maximum atomic E-state index is 13.6. The molecule has 20 heavy (non-hydrogen) atoms. The Morgan fingerprint density at radius 3 is 2.70 bits per heavy atom. The number of rotatable bonds is 4. The molecule has 2 rings (SSSR count). The average molecular weight is 300 g/mol. The van der Waals surface area contributed by atoms with Crippen molar-refractivity contribution >= 4 is 10.0 Å². The minimum Gasteiger partial charge on any atom is -0.241 e. The van der Waals surface area contributed by atoms with Crippen LogP contribution in [0.25, 0.3) is 0 Å². The van der Waals surface area contributed by atoms with E-state index in [1.54, 1.807) is 0 Å². The van der Waals surface area contributed by atoms with Crippen LogP contribution in [-0.2, 0) is 10.0 Å². The molecule has 112 valence electrons. The summed E-state index contributed by atoms with van der Waals surface area (Å²) < 4.78 is 40.8. The molecule has 1 fully saturated rings. The predicted molar refractivity (Wildman–Crippen MR) is 75.1 cm³/mol. The Morgan fingerprint density at radius 1 is 1.35 bits per heavy atom. The van der Waals surface area contributed by atoms with Crippen LogP contribution in [-0.4, -0.2) is 19.4 Å². The quantitative estimate of drug-likeness (QED) is 0.930. The number of hydrogen-bond donors (Lipinski definition) is 1. The molecule has 1 saturated carbocycles. The second kappa shape index (κ2) is 6.18. The van der Waals surface area contributed by atoms with Crippen LogP contribution in [0.15, 0.2) is 23.4 Å². The lowest BCUT2D eigenvalue weighted by molar-refractivity contribution is 0.226. The van der Waals surface area contributed by atoms with Gasteiger partial charge in [0, 0.05) is 12.2 Å². The summed E-state index contributed by atoms with van der Waals surface area (Å²) >= 11 is 0. The van der Waals surface area contributed by atoms with Crippen molar-refractivity contribution in [3.05, 3.63) is 24.1 Å². The summed E-state index contributed by atoms with van der Waals surface area (Å²) in [6.45, 7) is 4.19. The van der Waals surface area contributed by atoms with Gasteiger partial charge >= 0.3 is 0 Å². The number of aromatic nitrogens is 1.